The average Bonchev–Trinajstić information content (AvgIpc) is 3.29. The minimum Gasteiger partial charge on any atom is -0.467 e. The maximum absolute atomic E-state index is 13.4. The van der Waals surface area contributed by atoms with Crippen LogP contribution in [0, 0.1) is 0 Å². The van der Waals surface area contributed by atoms with Gasteiger partial charge in [-0.05, 0) is 149 Å². The first kappa shape index (κ1) is 67.8. The standard InChI is InChI=1S/C50H79BrN12O14/c1-24(32(64)58-45(7,8)40(72)53-25(2)34(66)60-47(11,12)42(74)55-27(4)36(68)62-49(15,16)44(76)57-29(6)38(70)77-19)52-39(71)46(9,10)59-33(65)26(3)54-41(73)48(13,14)61-35(67)28(5)56-43(75)50(17,18)63-37(69)30-20-22-31(51)23-21-30/h20-29H,1-19H3,(H,52,71)(H,53,72)(H,54,73)(H,55,74)(H,56,75)(H,57,76)(H,58,64)(H,59,65)(H,60,66)(H,61,67)(H,62,68)(H,63,69)/t24-,25-,26-,27-,28-,29-/m0/s1. The first-order valence-electron chi connectivity index (χ1n) is 24.5. The third-order valence-corrected chi connectivity index (χ3v) is 12.3. The third kappa shape index (κ3) is 20.4. The van der Waals surface area contributed by atoms with Crippen molar-refractivity contribution in [1.29, 1.82) is 0 Å². The van der Waals surface area contributed by atoms with Crippen LogP contribution in [0.4, 0.5) is 0 Å². The van der Waals surface area contributed by atoms with Crippen molar-refractivity contribution in [2.45, 2.75) is 194 Å². The van der Waals surface area contributed by atoms with Gasteiger partial charge in [-0.1, -0.05) is 15.9 Å². The number of amides is 12. The SMILES string of the molecule is COC(=O)[C@H](C)NC(=O)C(C)(C)NC(=O)[C@H](C)NC(=O)C(C)(C)NC(=O)[C@H](C)NC(=O)C(C)(C)NC(=O)[C@H](C)NC(=O)C(C)(C)NC(=O)[C@H](C)NC(=O)C(C)(C)NC(=O)[C@H](C)NC(=O)C(C)(C)NC(=O)c1ccc(Br)cc1. The summed E-state index contributed by atoms with van der Waals surface area (Å²) < 4.78 is 5.35. The Kier molecular flexibility index (Phi) is 23.5. The molecule has 0 heterocycles. The predicted molar refractivity (Wildman–Crippen MR) is 284 cm³/mol. The van der Waals surface area contributed by atoms with Gasteiger partial charge in [-0.3, -0.25) is 57.5 Å². The highest BCUT2D eigenvalue weighted by Gasteiger charge is 2.41. The van der Waals surface area contributed by atoms with Gasteiger partial charge in [0.2, 0.25) is 65.0 Å². The molecule has 1 aromatic carbocycles. The topological polar surface area (TPSA) is 375 Å². The molecule has 0 bridgehead atoms. The van der Waals surface area contributed by atoms with Crippen molar-refractivity contribution >= 4 is 92.8 Å². The van der Waals surface area contributed by atoms with Crippen molar-refractivity contribution in [3.05, 3.63) is 34.3 Å². The van der Waals surface area contributed by atoms with E-state index >= 15 is 0 Å². The summed E-state index contributed by atoms with van der Waals surface area (Å²) in [6.07, 6.45) is 0. The van der Waals surface area contributed by atoms with Crippen LogP contribution in [-0.4, -0.2) is 153 Å². The highest BCUT2D eigenvalue weighted by Crippen LogP contribution is 2.14. The van der Waals surface area contributed by atoms with Crippen LogP contribution in [0.25, 0.3) is 0 Å². The van der Waals surface area contributed by atoms with E-state index in [1.54, 1.807) is 24.3 Å². The summed E-state index contributed by atoms with van der Waals surface area (Å²) in [5.74, 6) is -9.88. The molecule has 1 aromatic rings. The Morgan fingerprint density at radius 1 is 0.351 bits per heavy atom. The van der Waals surface area contributed by atoms with Gasteiger partial charge in [0.15, 0.2) is 0 Å². The molecule has 0 aromatic heterocycles. The van der Waals surface area contributed by atoms with Crippen LogP contribution in [0.2, 0.25) is 0 Å². The van der Waals surface area contributed by atoms with Gasteiger partial charge < -0.3 is 68.5 Å². The number of halogens is 1. The molecular formula is C50H79BrN12O14. The molecule has 0 aliphatic rings. The highest BCUT2D eigenvalue weighted by molar-refractivity contribution is 9.10. The van der Waals surface area contributed by atoms with Gasteiger partial charge in [-0.15, -0.1) is 0 Å². The molecule has 0 saturated carbocycles. The number of carbonyl (C=O) groups excluding carboxylic acids is 13. The largest absolute Gasteiger partial charge is 0.467 e. The van der Waals surface area contributed by atoms with E-state index in [-0.39, 0.29) is 0 Å². The van der Waals surface area contributed by atoms with Crippen LogP contribution in [0.3, 0.4) is 0 Å². The molecule has 0 saturated heterocycles. The van der Waals surface area contributed by atoms with Crippen molar-refractivity contribution in [1.82, 2.24) is 63.8 Å². The number of rotatable bonds is 25. The molecule has 12 N–H and O–H groups in total. The monoisotopic (exact) mass is 1150 g/mol. The lowest BCUT2D eigenvalue weighted by molar-refractivity contribution is -0.145. The minimum atomic E-state index is -1.68. The molecule has 1 rings (SSSR count). The number of carbonyl (C=O) groups is 13. The van der Waals surface area contributed by atoms with Crippen LogP contribution < -0.4 is 63.8 Å². The van der Waals surface area contributed by atoms with Gasteiger partial charge in [0.25, 0.3) is 5.91 Å². The predicted octanol–water partition coefficient (Wildman–Crippen LogP) is -1.37. The van der Waals surface area contributed by atoms with E-state index in [0.717, 1.165) is 11.6 Å². The van der Waals surface area contributed by atoms with Crippen LogP contribution >= 0.6 is 15.9 Å². The normalized spacial score (nSPS) is 14.3. The fourth-order valence-electron chi connectivity index (χ4n) is 6.20. The fraction of sp³-hybridized carbons (Fsp3) is 0.620. The van der Waals surface area contributed by atoms with E-state index in [9.17, 15) is 62.3 Å². The summed E-state index contributed by atoms with van der Waals surface area (Å²) >= 11 is 3.29. The molecule has 6 atom stereocenters. The van der Waals surface area contributed by atoms with E-state index in [0.29, 0.717) is 5.56 Å². The second-order valence-electron chi connectivity index (χ2n) is 21.9. The Hall–Kier alpha value is -7.19. The minimum absolute atomic E-state index is 0.304. The smallest absolute Gasteiger partial charge is 0.328 e. The van der Waals surface area contributed by atoms with Crippen molar-refractivity contribution in [2.24, 2.45) is 0 Å². The molecule has 0 aliphatic carbocycles. The summed E-state index contributed by atoms with van der Waals surface area (Å²) in [5.41, 5.74) is -9.30. The summed E-state index contributed by atoms with van der Waals surface area (Å²) in [6.45, 7) is 24.5. The Labute approximate surface area is 457 Å². The first-order valence-corrected chi connectivity index (χ1v) is 25.2. The lowest BCUT2D eigenvalue weighted by atomic mass is 10.0. The van der Waals surface area contributed by atoms with Crippen molar-refractivity contribution in [3.63, 3.8) is 0 Å². The van der Waals surface area contributed by atoms with Crippen LogP contribution in [-0.2, 0) is 62.3 Å². The number of hydrogen-bond acceptors (Lipinski definition) is 14. The van der Waals surface area contributed by atoms with Crippen molar-refractivity contribution < 1.29 is 67.1 Å². The zero-order chi connectivity index (χ0) is 60.1. The molecule has 0 unspecified atom stereocenters. The Morgan fingerprint density at radius 2 is 0.545 bits per heavy atom. The van der Waals surface area contributed by atoms with E-state index in [2.05, 4.69) is 84.5 Å². The summed E-state index contributed by atoms with van der Waals surface area (Å²) in [7, 11) is 1.15. The molecule has 12 amide bonds. The molecule has 430 valence electrons. The van der Waals surface area contributed by atoms with E-state index in [1.807, 2.05) is 0 Å². The lowest BCUT2D eigenvalue weighted by Crippen LogP contribution is -2.65. The maximum atomic E-state index is 13.4. The van der Waals surface area contributed by atoms with Crippen LogP contribution in [0.15, 0.2) is 28.7 Å². The van der Waals surface area contributed by atoms with Gasteiger partial charge in [0.1, 0.15) is 69.5 Å². The number of nitrogens with one attached hydrogen (secondary N) is 12. The second kappa shape index (κ2) is 26.7. The molecule has 26 nitrogen and oxygen atoms in total. The number of benzene rings is 1. The summed E-state index contributed by atoms with van der Waals surface area (Å²) in [6, 6.07) is -0.745. The Bertz CT molecular complexity index is 2460. The number of esters is 1. The van der Waals surface area contributed by atoms with Gasteiger partial charge in [-0.2, -0.15) is 0 Å². The molecule has 0 radical (unpaired) electrons. The van der Waals surface area contributed by atoms with Crippen LogP contribution in [0.5, 0.6) is 0 Å². The van der Waals surface area contributed by atoms with Gasteiger partial charge >= 0.3 is 5.97 Å². The van der Waals surface area contributed by atoms with E-state index in [1.165, 1.54) is 125 Å². The van der Waals surface area contributed by atoms with Gasteiger partial charge in [-0.25, -0.2) is 4.79 Å². The molecule has 0 fully saturated rings. The Balaban J connectivity index is 2.78. The number of ether oxygens (including phenoxy) is 1. The average molecular weight is 1150 g/mol. The summed E-state index contributed by atoms with van der Waals surface area (Å²) in [4.78, 5) is 169. The number of hydrogen-bond donors (Lipinski definition) is 12. The van der Waals surface area contributed by atoms with E-state index < -0.39 is 146 Å². The lowest BCUT2D eigenvalue weighted by Gasteiger charge is -2.32. The van der Waals surface area contributed by atoms with Crippen molar-refractivity contribution in [3.8, 4) is 0 Å². The number of methoxy groups -OCH3 is 1. The molecule has 77 heavy (non-hydrogen) atoms. The Morgan fingerprint density at radius 3 is 0.753 bits per heavy atom. The maximum Gasteiger partial charge on any atom is 0.328 e. The summed E-state index contributed by atoms with van der Waals surface area (Å²) in [5, 5.41) is 29.9. The first-order chi connectivity index (χ1) is 34.8. The second-order valence-corrected chi connectivity index (χ2v) is 22.8. The fourth-order valence-corrected chi connectivity index (χ4v) is 6.47. The zero-order valence-corrected chi connectivity index (χ0v) is 49.0. The third-order valence-electron chi connectivity index (χ3n) is 11.7. The molecule has 0 spiro atoms. The van der Waals surface area contributed by atoms with Crippen molar-refractivity contribution in [2.75, 3.05) is 7.11 Å². The van der Waals surface area contributed by atoms with Gasteiger partial charge in [0.05, 0.1) is 7.11 Å². The quantitative estimate of drug-likeness (QED) is 0.0503. The molecule has 0 aliphatic heterocycles. The molecule has 27 heteroatoms. The van der Waals surface area contributed by atoms with Crippen LogP contribution in [0.1, 0.15) is 135 Å². The van der Waals surface area contributed by atoms with E-state index in [4.69, 9.17) is 0 Å². The molecular weight excluding hydrogens is 1070 g/mol. The zero-order valence-electron chi connectivity index (χ0n) is 47.4. The van der Waals surface area contributed by atoms with Gasteiger partial charge in [0, 0.05) is 10.0 Å². The highest BCUT2D eigenvalue weighted by atomic mass is 79.9.